The van der Waals surface area contributed by atoms with E-state index in [1.807, 2.05) is 6.92 Å². The molecule has 1 aliphatic rings. The van der Waals surface area contributed by atoms with E-state index < -0.39 is 6.04 Å². The van der Waals surface area contributed by atoms with Crippen LogP contribution in [0.4, 0.5) is 0 Å². The Hall–Kier alpha value is -0.950. The maximum absolute atomic E-state index is 12.5. The van der Waals surface area contributed by atoms with Crippen LogP contribution in [0.3, 0.4) is 0 Å². The lowest BCUT2D eigenvalue weighted by Gasteiger charge is -2.23. The fourth-order valence-corrected chi connectivity index (χ4v) is 3.47. The minimum atomic E-state index is -0.408. The van der Waals surface area contributed by atoms with Gasteiger partial charge in [0.1, 0.15) is 6.04 Å². The number of hydrogen-bond donors (Lipinski definition) is 2. The molecule has 5 nitrogen and oxygen atoms in total. The lowest BCUT2D eigenvalue weighted by Crippen LogP contribution is -2.48. The Labute approximate surface area is 151 Å². The van der Waals surface area contributed by atoms with Crippen molar-refractivity contribution in [2.75, 3.05) is 31.3 Å². The lowest BCUT2D eigenvalue weighted by atomic mass is 10.1. The molecule has 2 amide bonds. The molecule has 1 aromatic rings. The van der Waals surface area contributed by atoms with Crippen LogP contribution >= 0.6 is 35.8 Å². The van der Waals surface area contributed by atoms with Crippen LogP contribution in [-0.4, -0.2) is 54.0 Å². The summed E-state index contributed by atoms with van der Waals surface area (Å²) in [7, 11) is 0. The summed E-state index contributed by atoms with van der Waals surface area (Å²) >= 11 is 7.43. The highest BCUT2D eigenvalue weighted by Crippen LogP contribution is 2.23. The summed E-state index contributed by atoms with van der Waals surface area (Å²) < 4.78 is 0. The number of amides is 2. The summed E-state index contributed by atoms with van der Waals surface area (Å²) in [6.45, 7) is 4.18. The number of nitrogens with one attached hydrogen (secondary N) is 2. The second kappa shape index (κ2) is 10.0. The Bertz CT molecular complexity index is 528. The number of nitrogens with zero attached hydrogens (tertiary/aromatic N) is 1. The number of likely N-dealkylation sites (N-methyl/N-ethyl adjacent to an activating group) is 1. The van der Waals surface area contributed by atoms with E-state index >= 15 is 0 Å². The Balaban J connectivity index is 0.00000264. The van der Waals surface area contributed by atoms with Gasteiger partial charge in [-0.05, 0) is 30.8 Å². The van der Waals surface area contributed by atoms with Gasteiger partial charge in [-0.2, -0.15) is 0 Å². The van der Waals surface area contributed by atoms with E-state index in [2.05, 4.69) is 10.6 Å². The van der Waals surface area contributed by atoms with E-state index in [0.29, 0.717) is 28.8 Å². The van der Waals surface area contributed by atoms with Gasteiger partial charge in [-0.3, -0.25) is 9.59 Å². The van der Waals surface area contributed by atoms with E-state index in [9.17, 15) is 9.59 Å². The minimum Gasteiger partial charge on any atom is -0.353 e. The van der Waals surface area contributed by atoms with Crippen LogP contribution in [-0.2, 0) is 4.79 Å². The first-order valence-corrected chi connectivity index (χ1v) is 8.79. The first-order valence-electron chi connectivity index (χ1n) is 7.26. The molecule has 1 aromatic carbocycles. The molecule has 0 saturated carbocycles. The average Bonchev–Trinajstić information content (AvgIpc) is 3.01. The molecule has 1 aliphatic heterocycles. The minimum absolute atomic E-state index is 0. The smallest absolute Gasteiger partial charge is 0.255 e. The molecular weight excluding hydrogens is 357 g/mol. The van der Waals surface area contributed by atoms with Crippen LogP contribution in [0, 0.1) is 0 Å². The summed E-state index contributed by atoms with van der Waals surface area (Å²) in [5.74, 6) is 0.942. The average molecular weight is 378 g/mol. The van der Waals surface area contributed by atoms with Crippen LogP contribution in [0.25, 0.3) is 0 Å². The number of hydrogen-bond acceptors (Lipinski definition) is 4. The largest absolute Gasteiger partial charge is 0.353 e. The number of thioether (sulfide) groups is 1. The Kier molecular flexibility index (Phi) is 8.76. The van der Waals surface area contributed by atoms with Crippen LogP contribution in [0.2, 0.25) is 5.02 Å². The number of rotatable bonds is 6. The van der Waals surface area contributed by atoms with Crippen molar-refractivity contribution in [3.63, 3.8) is 0 Å². The summed E-state index contributed by atoms with van der Waals surface area (Å²) in [5.41, 5.74) is 0.553. The Morgan fingerprint density at radius 1 is 1.30 bits per heavy atom. The number of benzene rings is 1. The number of carbonyl (C=O) groups excluding carboxylic acids is 2. The molecule has 128 valence electrons. The second-order valence-electron chi connectivity index (χ2n) is 4.94. The predicted molar refractivity (Wildman–Crippen MR) is 97.5 cm³/mol. The molecule has 2 N–H and O–H groups in total. The van der Waals surface area contributed by atoms with E-state index in [0.717, 1.165) is 13.1 Å². The third kappa shape index (κ3) is 5.57. The Morgan fingerprint density at radius 2 is 2.00 bits per heavy atom. The van der Waals surface area contributed by atoms with Crippen molar-refractivity contribution in [1.82, 2.24) is 15.5 Å². The molecule has 0 aliphatic carbocycles. The van der Waals surface area contributed by atoms with Gasteiger partial charge in [0.05, 0.1) is 5.88 Å². The van der Waals surface area contributed by atoms with Gasteiger partial charge < -0.3 is 15.5 Å². The maximum Gasteiger partial charge on any atom is 0.255 e. The normalized spacial score (nSPS) is 16.8. The van der Waals surface area contributed by atoms with Crippen LogP contribution in [0.15, 0.2) is 24.3 Å². The van der Waals surface area contributed by atoms with Crippen LogP contribution in [0.5, 0.6) is 0 Å². The lowest BCUT2D eigenvalue weighted by molar-refractivity contribution is -0.124. The van der Waals surface area contributed by atoms with E-state index in [1.165, 1.54) is 0 Å². The fourth-order valence-electron chi connectivity index (χ4n) is 2.19. The molecule has 0 spiro atoms. The van der Waals surface area contributed by atoms with Gasteiger partial charge in [0.2, 0.25) is 5.91 Å². The molecule has 1 heterocycles. The molecular formula is C15H21Cl2N3O2S. The molecule has 0 bridgehead atoms. The van der Waals surface area contributed by atoms with Crippen molar-refractivity contribution in [1.29, 1.82) is 0 Å². The highest BCUT2D eigenvalue weighted by Gasteiger charge is 2.34. The van der Waals surface area contributed by atoms with Gasteiger partial charge in [-0.1, -0.05) is 18.5 Å². The molecule has 0 radical (unpaired) electrons. The van der Waals surface area contributed by atoms with Crippen molar-refractivity contribution in [3.8, 4) is 0 Å². The van der Waals surface area contributed by atoms with Crippen molar-refractivity contribution in [2.45, 2.75) is 13.0 Å². The predicted octanol–water partition coefficient (Wildman–Crippen LogP) is 2.00. The molecule has 2 rings (SSSR count). The maximum atomic E-state index is 12.5. The number of carbonyl (C=O) groups is 2. The van der Waals surface area contributed by atoms with E-state index in [4.69, 9.17) is 11.6 Å². The Morgan fingerprint density at radius 3 is 2.65 bits per heavy atom. The van der Waals surface area contributed by atoms with Gasteiger partial charge in [-0.25, -0.2) is 0 Å². The van der Waals surface area contributed by atoms with Crippen LogP contribution < -0.4 is 10.6 Å². The molecule has 8 heteroatoms. The molecule has 1 atom stereocenters. The van der Waals surface area contributed by atoms with Gasteiger partial charge >= 0.3 is 0 Å². The SMILES string of the molecule is CCNCCNC(=O)C1CSCN1C(=O)c1ccc(Cl)cc1.Cl. The zero-order valence-corrected chi connectivity index (χ0v) is 15.3. The van der Waals surface area contributed by atoms with Crippen LogP contribution in [0.1, 0.15) is 17.3 Å². The van der Waals surface area contributed by atoms with Crippen molar-refractivity contribution >= 4 is 47.6 Å². The van der Waals surface area contributed by atoms with E-state index in [-0.39, 0.29) is 24.2 Å². The summed E-state index contributed by atoms with van der Waals surface area (Å²) in [4.78, 5) is 26.4. The second-order valence-corrected chi connectivity index (χ2v) is 6.38. The first-order chi connectivity index (χ1) is 10.6. The van der Waals surface area contributed by atoms with Gasteiger partial charge in [0.25, 0.3) is 5.91 Å². The van der Waals surface area contributed by atoms with Gasteiger partial charge in [0, 0.05) is 29.4 Å². The zero-order chi connectivity index (χ0) is 15.9. The third-order valence-electron chi connectivity index (χ3n) is 3.39. The standard InChI is InChI=1S/C15H20ClN3O2S.ClH/c1-2-17-7-8-18-14(20)13-9-22-10-19(13)15(21)11-3-5-12(16)6-4-11;/h3-6,13,17H,2,7-10H2,1H3,(H,18,20);1H. The third-order valence-corrected chi connectivity index (χ3v) is 4.65. The van der Waals surface area contributed by atoms with Crippen molar-refractivity contribution in [2.24, 2.45) is 0 Å². The van der Waals surface area contributed by atoms with E-state index in [1.54, 1.807) is 40.9 Å². The summed E-state index contributed by atoms with van der Waals surface area (Å²) in [6, 6.07) is 6.34. The summed E-state index contributed by atoms with van der Waals surface area (Å²) in [5, 5.41) is 6.61. The topological polar surface area (TPSA) is 61.4 Å². The van der Waals surface area contributed by atoms with Crippen molar-refractivity contribution < 1.29 is 9.59 Å². The van der Waals surface area contributed by atoms with Gasteiger partial charge in [0.15, 0.2) is 0 Å². The molecule has 23 heavy (non-hydrogen) atoms. The quantitative estimate of drug-likeness (QED) is 0.744. The van der Waals surface area contributed by atoms with Crippen molar-refractivity contribution in [3.05, 3.63) is 34.9 Å². The molecule has 1 saturated heterocycles. The highest BCUT2D eigenvalue weighted by molar-refractivity contribution is 7.99. The molecule has 0 aromatic heterocycles. The number of halogens is 2. The molecule has 1 unspecified atom stereocenters. The fraction of sp³-hybridized carbons (Fsp3) is 0.467. The monoisotopic (exact) mass is 377 g/mol. The summed E-state index contributed by atoms with van der Waals surface area (Å²) in [6.07, 6.45) is 0. The molecule has 1 fully saturated rings. The first kappa shape index (κ1) is 20.1. The zero-order valence-electron chi connectivity index (χ0n) is 12.9. The van der Waals surface area contributed by atoms with Gasteiger partial charge in [-0.15, -0.1) is 24.2 Å². The highest BCUT2D eigenvalue weighted by atomic mass is 35.5.